The summed E-state index contributed by atoms with van der Waals surface area (Å²) in [5.41, 5.74) is 1.17. The van der Waals surface area contributed by atoms with Crippen LogP contribution in [0.5, 0.6) is 0 Å². The molecule has 0 aliphatic heterocycles. The molecule has 0 saturated heterocycles. The summed E-state index contributed by atoms with van der Waals surface area (Å²) in [6.07, 6.45) is 0. The fourth-order valence-corrected chi connectivity index (χ4v) is 4.32. The normalized spacial score (nSPS) is 11.7. The monoisotopic (exact) mass is 449 g/mol. The van der Waals surface area contributed by atoms with Crippen LogP contribution >= 0.6 is 34.7 Å². The third-order valence-electron chi connectivity index (χ3n) is 3.76. The number of halogens is 1. The average molecular weight is 450 g/mol. The van der Waals surface area contributed by atoms with Gasteiger partial charge in [0.15, 0.2) is 4.34 Å². The molecule has 3 aromatic rings. The summed E-state index contributed by atoms with van der Waals surface area (Å²) in [6, 6.07) is 13.8. The standard InChI is InChI=1S/C18H16ClN5O3S2/c1-11(16(25)21-15-9-13(24(26)27)7-8-14(15)19)28-18-23-22-17(29-18)20-10-12-5-3-2-4-6-12/h2-9,11H,10H2,1H3,(H,20,22)(H,21,25)/t11-/m1/s1. The Hall–Kier alpha value is -2.69. The number of hydrogen-bond acceptors (Lipinski definition) is 8. The molecule has 1 aromatic heterocycles. The molecule has 2 N–H and O–H groups in total. The first-order chi connectivity index (χ1) is 13.9. The summed E-state index contributed by atoms with van der Waals surface area (Å²) in [6.45, 7) is 2.34. The molecule has 3 rings (SSSR count). The molecule has 11 heteroatoms. The second-order valence-electron chi connectivity index (χ2n) is 5.88. The summed E-state index contributed by atoms with van der Waals surface area (Å²) >= 11 is 8.62. The summed E-state index contributed by atoms with van der Waals surface area (Å²) in [5, 5.41) is 25.3. The van der Waals surface area contributed by atoms with Gasteiger partial charge in [0, 0.05) is 18.7 Å². The minimum Gasteiger partial charge on any atom is -0.356 e. The van der Waals surface area contributed by atoms with Crippen molar-refractivity contribution in [3.05, 3.63) is 69.2 Å². The van der Waals surface area contributed by atoms with Crippen molar-refractivity contribution in [3.8, 4) is 0 Å². The number of anilines is 2. The molecule has 0 spiro atoms. The predicted octanol–water partition coefficient (Wildman–Crippen LogP) is 4.83. The smallest absolute Gasteiger partial charge is 0.271 e. The summed E-state index contributed by atoms with van der Waals surface area (Å²) in [7, 11) is 0. The van der Waals surface area contributed by atoms with Crippen molar-refractivity contribution in [2.24, 2.45) is 0 Å². The lowest BCUT2D eigenvalue weighted by Crippen LogP contribution is -2.22. The summed E-state index contributed by atoms with van der Waals surface area (Å²) < 4.78 is 0.633. The van der Waals surface area contributed by atoms with Gasteiger partial charge in [0.1, 0.15) is 0 Å². The van der Waals surface area contributed by atoms with Crippen molar-refractivity contribution >= 4 is 57.1 Å². The number of nitrogens with one attached hydrogen (secondary N) is 2. The van der Waals surface area contributed by atoms with E-state index in [-0.39, 0.29) is 22.3 Å². The maximum atomic E-state index is 12.4. The van der Waals surface area contributed by atoms with E-state index < -0.39 is 10.2 Å². The molecule has 2 aromatic carbocycles. The molecule has 1 atom stereocenters. The highest BCUT2D eigenvalue weighted by atomic mass is 35.5. The zero-order chi connectivity index (χ0) is 20.8. The molecule has 0 unspecified atom stereocenters. The fraction of sp³-hybridized carbons (Fsp3) is 0.167. The van der Waals surface area contributed by atoms with Gasteiger partial charge in [0.2, 0.25) is 11.0 Å². The lowest BCUT2D eigenvalue weighted by molar-refractivity contribution is -0.384. The van der Waals surface area contributed by atoms with Crippen LogP contribution in [0.4, 0.5) is 16.5 Å². The number of nitro groups is 1. The number of amides is 1. The van der Waals surface area contributed by atoms with Crippen LogP contribution in [0.3, 0.4) is 0 Å². The summed E-state index contributed by atoms with van der Waals surface area (Å²) in [4.78, 5) is 22.8. The zero-order valence-electron chi connectivity index (χ0n) is 15.2. The van der Waals surface area contributed by atoms with Gasteiger partial charge in [-0.2, -0.15) is 0 Å². The number of non-ortho nitro benzene ring substituents is 1. The molecule has 0 bridgehead atoms. The van der Waals surface area contributed by atoms with Crippen LogP contribution in [-0.2, 0) is 11.3 Å². The second kappa shape index (κ2) is 9.68. The van der Waals surface area contributed by atoms with E-state index in [4.69, 9.17) is 11.6 Å². The molecule has 1 amide bonds. The molecule has 0 radical (unpaired) electrons. The highest BCUT2D eigenvalue weighted by molar-refractivity contribution is 8.02. The van der Waals surface area contributed by atoms with Gasteiger partial charge in [-0.3, -0.25) is 14.9 Å². The first kappa shape index (κ1) is 21.0. The van der Waals surface area contributed by atoms with Gasteiger partial charge in [-0.1, -0.05) is 65.0 Å². The molecule has 29 heavy (non-hydrogen) atoms. The molecular weight excluding hydrogens is 434 g/mol. The third kappa shape index (κ3) is 5.89. The van der Waals surface area contributed by atoms with Crippen LogP contribution in [0, 0.1) is 10.1 Å². The topological polar surface area (TPSA) is 110 Å². The number of carbonyl (C=O) groups is 1. The van der Waals surface area contributed by atoms with Gasteiger partial charge in [0.25, 0.3) is 5.69 Å². The van der Waals surface area contributed by atoms with E-state index in [1.54, 1.807) is 6.92 Å². The SMILES string of the molecule is C[C@@H](Sc1nnc(NCc2ccccc2)s1)C(=O)Nc1cc([N+](=O)[O-])ccc1Cl. The van der Waals surface area contributed by atoms with Gasteiger partial charge in [-0.15, -0.1) is 10.2 Å². The molecule has 1 heterocycles. The Morgan fingerprint density at radius 3 is 2.76 bits per heavy atom. The lowest BCUT2D eigenvalue weighted by atomic mass is 10.2. The van der Waals surface area contributed by atoms with Crippen molar-refractivity contribution < 1.29 is 9.72 Å². The average Bonchev–Trinajstić information content (AvgIpc) is 3.16. The van der Waals surface area contributed by atoms with E-state index in [2.05, 4.69) is 20.8 Å². The number of thioether (sulfide) groups is 1. The Bertz CT molecular complexity index is 1020. The number of carbonyl (C=O) groups excluding carboxylic acids is 1. The predicted molar refractivity (Wildman–Crippen MR) is 116 cm³/mol. The van der Waals surface area contributed by atoms with Crippen molar-refractivity contribution in [3.63, 3.8) is 0 Å². The van der Waals surface area contributed by atoms with E-state index in [9.17, 15) is 14.9 Å². The maximum absolute atomic E-state index is 12.4. The Morgan fingerprint density at radius 2 is 2.03 bits per heavy atom. The highest BCUT2D eigenvalue weighted by Gasteiger charge is 2.19. The maximum Gasteiger partial charge on any atom is 0.271 e. The number of aromatic nitrogens is 2. The van der Waals surface area contributed by atoms with Crippen molar-refractivity contribution in [2.45, 2.75) is 23.1 Å². The van der Waals surface area contributed by atoms with E-state index in [0.29, 0.717) is 16.0 Å². The minimum atomic E-state index is -0.546. The van der Waals surface area contributed by atoms with Crippen LogP contribution in [0.2, 0.25) is 5.02 Å². The summed E-state index contributed by atoms with van der Waals surface area (Å²) in [5.74, 6) is -0.341. The molecule has 150 valence electrons. The zero-order valence-corrected chi connectivity index (χ0v) is 17.6. The molecule has 0 aliphatic carbocycles. The molecule has 0 fully saturated rings. The highest BCUT2D eigenvalue weighted by Crippen LogP contribution is 2.31. The quantitative estimate of drug-likeness (QED) is 0.288. The van der Waals surface area contributed by atoms with E-state index in [1.807, 2.05) is 30.3 Å². The Balaban J connectivity index is 1.57. The van der Waals surface area contributed by atoms with Gasteiger partial charge >= 0.3 is 0 Å². The van der Waals surface area contributed by atoms with Gasteiger partial charge in [0.05, 0.1) is 20.9 Å². The Morgan fingerprint density at radius 1 is 1.28 bits per heavy atom. The van der Waals surface area contributed by atoms with E-state index in [0.717, 1.165) is 5.56 Å². The lowest BCUT2D eigenvalue weighted by Gasteiger charge is -2.11. The first-order valence-corrected chi connectivity index (χ1v) is 10.5. The van der Waals surface area contributed by atoms with Crippen LogP contribution in [0.25, 0.3) is 0 Å². The number of nitrogens with zero attached hydrogens (tertiary/aromatic N) is 3. The van der Waals surface area contributed by atoms with Crippen molar-refractivity contribution in [1.82, 2.24) is 10.2 Å². The van der Waals surface area contributed by atoms with Gasteiger partial charge < -0.3 is 10.6 Å². The molecular formula is C18H16ClN5O3S2. The van der Waals surface area contributed by atoms with E-state index in [1.165, 1.54) is 41.3 Å². The number of hydrogen-bond donors (Lipinski definition) is 2. The van der Waals surface area contributed by atoms with E-state index >= 15 is 0 Å². The fourth-order valence-electron chi connectivity index (χ4n) is 2.26. The molecule has 0 aliphatic rings. The van der Waals surface area contributed by atoms with Crippen LogP contribution in [0.15, 0.2) is 52.9 Å². The van der Waals surface area contributed by atoms with Crippen molar-refractivity contribution in [1.29, 1.82) is 0 Å². The second-order valence-corrected chi connectivity index (χ2v) is 8.86. The van der Waals surface area contributed by atoms with Crippen LogP contribution < -0.4 is 10.6 Å². The molecule has 8 nitrogen and oxygen atoms in total. The number of nitro benzene ring substituents is 1. The van der Waals surface area contributed by atoms with Crippen LogP contribution in [0.1, 0.15) is 12.5 Å². The van der Waals surface area contributed by atoms with Crippen molar-refractivity contribution in [2.75, 3.05) is 10.6 Å². The Labute approximate surface area is 179 Å². The van der Waals surface area contributed by atoms with Gasteiger partial charge in [-0.05, 0) is 18.6 Å². The minimum absolute atomic E-state index is 0.150. The third-order valence-corrected chi connectivity index (χ3v) is 6.15. The number of rotatable bonds is 8. The molecule has 0 saturated carbocycles. The van der Waals surface area contributed by atoms with Crippen LogP contribution in [-0.4, -0.2) is 26.3 Å². The number of benzene rings is 2. The largest absolute Gasteiger partial charge is 0.356 e. The van der Waals surface area contributed by atoms with Gasteiger partial charge in [-0.25, -0.2) is 0 Å². The first-order valence-electron chi connectivity index (χ1n) is 8.45. The Kier molecular flexibility index (Phi) is 7.02.